The number of rotatable bonds is 11. The highest BCUT2D eigenvalue weighted by atomic mass is 35.5. The van der Waals surface area contributed by atoms with E-state index in [1.807, 2.05) is 67.6 Å². The molecule has 1 aliphatic heterocycles. The molecule has 1 atom stereocenters. The summed E-state index contributed by atoms with van der Waals surface area (Å²) >= 11 is 14.2. The number of amides is 1. The third-order valence-corrected chi connectivity index (χ3v) is 10.3. The number of fused-ring (bicyclic) bond motifs is 1. The van der Waals surface area contributed by atoms with E-state index in [1.165, 1.54) is 10.5 Å². The number of halogens is 2. The summed E-state index contributed by atoms with van der Waals surface area (Å²) in [7, 11) is 1.59. The molecule has 0 spiro atoms. The number of ether oxygens (including phenoxy) is 1. The highest BCUT2D eigenvalue weighted by Crippen LogP contribution is 2.42. The highest BCUT2D eigenvalue weighted by molar-refractivity contribution is 6.39. The number of benzene rings is 2. The van der Waals surface area contributed by atoms with Crippen LogP contribution in [-0.2, 0) is 17.9 Å². The maximum atomic E-state index is 13.2. The Labute approximate surface area is 299 Å². The van der Waals surface area contributed by atoms with E-state index in [9.17, 15) is 14.7 Å². The first kappa shape index (κ1) is 34.1. The monoisotopic (exact) mass is 712 g/mol. The van der Waals surface area contributed by atoms with Gasteiger partial charge in [-0.2, -0.15) is 0 Å². The minimum Gasteiger partial charge on any atom is -0.481 e. The van der Waals surface area contributed by atoms with Gasteiger partial charge in [-0.05, 0) is 44.4 Å². The first-order valence-corrected chi connectivity index (χ1v) is 17.4. The Morgan fingerprint density at radius 2 is 1.68 bits per heavy atom. The molecule has 4 N–H and O–H groups in total. The quantitative estimate of drug-likeness (QED) is 0.136. The molecule has 5 aromatic rings. The SMILES string of the molecule is COc1nc(-c2cccc(-c3cccc(-c4ccc5nc(CNC6CC(C)(O)C6)cc(=O)n5c4)c3Cl)c2Cl)ccc1CNCC1CCC(=O)N1. The van der Waals surface area contributed by atoms with Crippen molar-refractivity contribution in [3.05, 3.63) is 105 Å². The number of pyridine rings is 2. The smallest absolute Gasteiger partial charge is 0.258 e. The number of hydrogen-bond donors (Lipinski definition) is 4. The van der Waals surface area contributed by atoms with Crippen LogP contribution in [0.4, 0.5) is 0 Å². The van der Waals surface area contributed by atoms with Gasteiger partial charge in [0.25, 0.3) is 5.56 Å². The van der Waals surface area contributed by atoms with Gasteiger partial charge in [-0.15, -0.1) is 0 Å². The molecule has 3 aromatic heterocycles. The van der Waals surface area contributed by atoms with Gasteiger partial charge in [0.2, 0.25) is 11.8 Å². The highest BCUT2D eigenvalue weighted by Gasteiger charge is 2.37. The molecule has 1 saturated carbocycles. The zero-order valence-corrected chi connectivity index (χ0v) is 29.3. The summed E-state index contributed by atoms with van der Waals surface area (Å²) in [6.45, 7) is 3.49. The van der Waals surface area contributed by atoms with Gasteiger partial charge in [0.15, 0.2) is 0 Å². The maximum Gasteiger partial charge on any atom is 0.258 e. The Morgan fingerprint density at radius 3 is 2.38 bits per heavy atom. The van der Waals surface area contributed by atoms with Gasteiger partial charge >= 0.3 is 0 Å². The van der Waals surface area contributed by atoms with Crippen LogP contribution in [0.2, 0.25) is 10.0 Å². The molecule has 50 heavy (non-hydrogen) atoms. The maximum absolute atomic E-state index is 13.2. The second-order valence-corrected chi connectivity index (χ2v) is 14.1. The van der Waals surface area contributed by atoms with Crippen molar-refractivity contribution in [2.75, 3.05) is 13.7 Å². The lowest BCUT2D eigenvalue weighted by Crippen LogP contribution is -2.51. The lowest BCUT2D eigenvalue weighted by atomic mass is 9.77. The minimum atomic E-state index is -0.620. The fraction of sp³-hybridized carbons (Fsp3) is 0.316. The molecule has 4 heterocycles. The topological polar surface area (TPSA) is 130 Å². The second-order valence-electron chi connectivity index (χ2n) is 13.3. The number of methoxy groups -OCH3 is 1. The van der Waals surface area contributed by atoms with Crippen LogP contribution in [0.15, 0.2) is 77.7 Å². The molecule has 2 aliphatic rings. The van der Waals surface area contributed by atoms with Crippen LogP contribution < -0.4 is 26.2 Å². The molecular weight excluding hydrogens is 675 g/mol. The van der Waals surface area contributed by atoms with E-state index in [-0.39, 0.29) is 23.6 Å². The van der Waals surface area contributed by atoms with Crippen molar-refractivity contribution in [3.63, 3.8) is 0 Å². The predicted molar refractivity (Wildman–Crippen MR) is 195 cm³/mol. The first-order chi connectivity index (χ1) is 24.1. The summed E-state index contributed by atoms with van der Waals surface area (Å²) < 4.78 is 7.16. The van der Waals surface area contributed by atoms with Crippen molar-refractivity contribution in [1.29, 1.82) is 0 Å². The molecule has 12 heteroatoms. The van der Waals surface area contributed by atoms with Crippen LogP contribution in [0.1, 0.15) is 43.9 Å². The van der Waals surface area contributed by atoms with E-state index in [0.717, 1.165) is 39.8 Å². The van der Waals surface area contributed by atoms with Gasteiger partial charge in [0.1, 0.15) is 5.65 Å². The summed E-state index contributed by atoms with van der Waals surface area (Å²) in [5.41, 5.74) is 5.64. The van der Waals surface area contributed by atoms with Crippen LogP contribution in [0.3, 0.4) is 0 Å². The van der Waals surface area contributed by atoms with Crippen molar-refractivity contribution in [2.45, 2.75) is 63.4 Å². The number of carbonyl (C=O) groups is 1. The third-order valence-electron chi connectivity index (χ3n) is 9.45. The second kappa shape index (κ2) is 14.1. The van der Waals surface area contributed by atoms with Crippen molar-refractivity contribution in [2.24, 2.45) is 0 Å². The molecule has 1 saturated heterocycles. The van der Waals surface area contributed by atoms with Crippen LogP contribution in [-0.4, -0.2) is 56.7 Å². The van der Waals surface area contributed by atoms with Gasteiger partial charge in [-0.25, -0.2) is 9.97 Å². The van der Waals surface area contributed by atoms with E-state index < -0.39 is 5.60 Å². The van der Waals surface area contributed by atoms with Crippen LogP contribution in [0.5, 0.6) is 5.88 Å². The number of nitrogens with zero attached hydrogens (tertiary/aromatic N) is 3. The lowest BCUT2D eigenvalue weighted by Gasteiger charge is -2.41. The van der Waals surface area contributed by atoms with Crippen molar-refractivity contribution in [3.8, 4) is 39.4 Å². The average molecular weight is 714 g/mol. The summed E-state index contributed by atoms with van der Waals surface area (Å²) in [6, 6.07) is 21.0. The molecule has 1 unspecified atom stereocenters. The van der Waals surface area contributed by atoms with Crippen LogP contribution >= 0.6 is 23.2 Å². The van der Waals surface area contributed by atoms with Crippen LogP contribution in [0.25, 0.3) is 39.2 Å². The normalized spacial score (nSPS) is 20.1. The molecule has 0 bridgehead atoms. The number of aliphatic hydroxyl groups is 1. The molecule has 258 valence electrons. The Hall–Kier alpha value is -4.32. The number of carbonyl (C=O) groups excluding carboxylic acids is 1. The zero-order chi connectivity index (χ0) is 35.0. The first-order valence-electron chi connectivity index (χ1n) is 16.7. The van der Waals surface area contributed by atoms with E-state index in [4.69, 9.17) is 32.9 Å². The Kier molecular flexibility index (Phi) is 9.65. The molecule has 1 aliphatic carbocycles. The van der Waals surface area contributed by atoms with Crippen molar-refractivity contribution >= 4 is 34.8 Å². The third kappa shape index (κ3) is 7.12. The average Bonchev–Trinajstić information content (AvgIpc) is 3.51. The minimum absolute atomic E-state index is 0.0930. The van der Waals surface area contributed by atoms with Gasteiger partial charge in [0, 0.05) is 83.8 Å². The van der Waals surface area contributed by atoms with Gasteiger partial charge < -0.3 is 25.8 Å². The zero-order valence-electron chi connectivity index (χ0n) is 27.8. The van der Waals surface area contributed by atoms with Crippen LogP contribution in [0, 0.1) is 0 Å². The van der Waals surface area contributed by atoms with Gasteiger partial charge in [0.05, 0.1) is 34.1 Å². The molecule has 7 rings (SSSR count). The summed E-state index contributed by atoms with van der Waals surface area (Å²) in [4.78, 5) is 34.1. The number of hydrogen-bond acceptors (Lipinski definition) is 8. The Bertz CT molecular complexity index is 2140. The lowest BCUT2D eigenvalue weighted by molar-refractivity contribution is -0.119. The summed E-state index contributed by atoms with van der Waals surface area (Å²) in [5.74, 6) is 0.583. The van der Waals surface area contributed by atoms with Crippen molar-refractivity contribution < 1.29 is 14.6 Å². The fourth-order valence-corrected chi connectivity index (χ4v) is 7.50. The Morgan fingerprint density at radius 1 is 0.960 bits per heavy atom. The number of nitrogens with one attached hydrogen (secondary N) is 3. The molecule has 1 amide bonds. The van der Waals surface area contributed by atoms with Gasteiger partial charge in [-0.3, -0.25) is 14.0 Å². The molecule has 0 radical (unpaired) electrons. The Balaban J connectivity index is 1.12. The van der Waals surface area contributed by atoms with Crippen molar-refractivity contribution in [1.82, 2.24) is 30.3 Å². The summed E-state index contributed by atoms with van der Waals surface area (Å²) in [6.07, 6.45) is 4.51. The largest absolute Gasteiger partial charge is 0.481 e. The van der Waals surface area contributed by atoms with Gasteiger partial charge in [-0.1, -0.05) is 65.7 Å². The standard InChI is InChI=1S/C38H38Cl2N6O4/c1-38(49)16-26(17-38)42-20-25-15-34(48)46-21-23(10-13-32(46)43-25)27-5-3-6-28(35(27)39)29-7-4-8-30(36(29)40)31-12-9-22(37(45-31)50-2)18-41-19-24-11-14-33(47)44-24/h3-10,12-13,15,21,24,26,41-42,49H,11,14,16-20H2,1-2H3,(H,44,47). The molecule has 10 nitrogen and oxygen atoms in total. The molecule has 2 fully saturated rings. The van der Waals surface area contributed by atoms with E-state index in [0.29, 0.717) is 71.9 Å². The fourth-order valence-electron chi connectivity index (χ4n) is 6.84. The predicted octanol–water partition coefficient (Wildman–Crippen LogP) is 5.78. The van der Waals surface area contributed by atoms with E-state index >= 15 is 0 Å². The van der Waals surface area contributed by atoms with E-state index in [1.54, 1.807) is 13.3 Å². The summed E-state index contributed by atoms with van der Waals surface area (Å²) in [5, 5.41) is 20.7. The molecular formula is C38H38Cl2N6O4. The van der Waals surface area contributed by atoms with E-state index in [2.05, 4.69) is 20.9 Å². The number of aromatic nitrogens is 3. The molecule has 2 aromatic carbocycles.